The number of carbonyl (C=O) groups excluding carboxylic acids is 2. The molecule has 5 rings (SSSR count). The van der Waals surface area contributed by atoms with Gasteiger partial charge in [-0.05, 0) is 43.2 Å². The van der Waals surface area contributed by atoms with Crippen molar-refractivity contribution >= 4 is 41.0 Å². The van der Waals surface area contributed by atoms with Crippen molar-refractivity contribution in [2.75, 3.05) is 31.4 Å². The Morgan fingerprint density at radius 2 is 1.90 bits per heavy atom. The first-order chi connectivity index (χ1) is 18.6. The minimum atomic E-state index is -0.392. The van der Waals surface area contributed by atoms with Gasteiger partial charge in [-0.25, -0.2) is 4.68 Å². The van der Waals surface area contributed by atoms with Crippen molar-refractivity contribution in [3.05, 3.63) is 64.3 Å². The maximum atomic E-state index is 13.8. The minimum absolute atomic E-state index is 0.107. The summed E-state index contributed by atoms with van der Waals surface area (Å²) in [5.74, 6) is 1.71. The highest BCUT2D eigenvalue weighted by molar-refractivity contribution is 8.00. The zero-order chi connectivity index (χ0) is 27.9. The average Bonchev–Trinajstić information content (AvgIpc) is 3.65. The number of rotatable bonds is 7. The number of nitrogens with one attached hydrogen (secondary N) is 1. The second-order valence-corrected chi connectivity index (χ2v) is 12.3. The summed E-state index contributed by atoms with van der Waals surface area (Å²) in [6, 6.07) is 13.2. The lowest BCUT2D eigenvalue weighted by Gasteiger charge is -2.25. The molecule has 0 radical (unpaired) electrons. The first kappa shape index (κ1) is 27.4. The first-order valence-corrected chi connectivity index (χ1v) is 14.4. The highest BCUT2D eigenvalue weighted by Crippen LogP contribution is 2.51. The standard InChI is InChI=1S/C29H33ClN4O4S/c1-29(2,3)27-25-26(19-14-18(37-4)12-13-22(19)38-5)39-16-24(36)33(15-23(35)31-17-10-11-17)28(25)34(32-27)21-9-7-6-8-20(21)30/h6-9,12-14,17,26H,10-11,15-16H2,1-5H3,(H,31,35)/t26-/m1/s1. The number of para-hydroxylation sites is 1. The summed E-state index contributed by atoms with van der Waals surface area (Å²) in [4.78, 5) is 28.4. The number of carbonyl (C=O) groups is 2. The van der Waals surface area contributed by atoms with E-state index in [1.165, 1.54) is 11.8 Å². The fraction of sp³-hybridized carbons (Fsp3) is 0.414. The molecular formula is C29H33ClN4O4S. The Morgan fingerprint density at radius 1 is 1.15 bits per heavy atom. The van der Waals surface area contributed by atoms with E-state index in [9.17, 15) is 9.59 Å². The predicted molar refractivity (Wildman–Crippen MR) is 155 cm³/mol. The van der Waals surface area contributed by atoms with Gasteiger partial charge in [-0.2, -0.15) is 5.10 Å². The van der Waals surface area contributed by atoms with Crippen LogP contribution >= 0.6 is 23.4 Å². The fourth-order valence-corrected chi connectivity index (χ4v) is 6.23. The van der Waals surface area contributed by atoms with E-state index in [4.69, 9.17) is 26.2 Å². The van der Waals surface area contributed by atoms with Gasteiger partial charge in [-0.15, -0.1) is 11.8 Å². The van der Waals surface area contributed by atoms with Crippen LogP contribution in [0.25, 0.3) is 5.69 Å². The number of ether oxygens (including phenoxy) is 2. The van der Waals surface area contributed by atoms with Gasteiger partial charge in [-0.3, -0.25) is 14.5 Å². The largest absolute Gasteiger partial charge is 0.497 e. The van der Waals surface area contributed by atoms with E-state index in [1.807, 2.05) is 36.4 Å². The number of amides is 2. The lowest BCUT2D eigenvalue weighted by Crippen LogP contribution is -2.43. The Bertz CT molecular complexity index is 1410. The summed E-state index contributed by atoms with van der Waals surface area (Å²) in [6.07, 6.45) is 1.93. The molecule has 1 N–H and O–H groups in total. The SMILES string of the molecule is COc1ccc(OC)c([C@H]2SCC(=O)N(CC(=O)NC3CC3)c3c2c(C(C)(C)C)nn3-c2ccccc2Cl)c1. The maximum absolute atomic E-state index is 13.8. The number of methoxy groups -OCH3 is 2. The molecule has 1 aliphatic carbocycles. The third-order valence-electron chi connectivity index (χ3n) is 6.84. The van der Waals surface area contributed by atoms with E-state index in [0.717, 1.165) is 29.7 Å². The third kappa shape index (κ3) is 5.47. The van der Waals surface area contributed by atoms with Crippen molar-refractivity contribution in [2.24, 2.45) is 0 Å². The molecule has 1 saturated carbocycles. The molecule has 1 aliphatic heterocycles. The molecule has 0 saturated heterocycles. The van der Waals surface area contributed by atoms with E-state index in [1.54, 1.807) is 29.9 Å². The number of hydrogen-bond donors (Lipinski definition) is 1. The summed E-state index contributed by atoms with van der Waals surface area (Å²) < 4.78 is 13.1. The average molecular weight is 569 g/mol. The highest BCUT2D eigenvalue weighted by Gasteiger charge is 2.41. The van der Waals surface area contributed by atoms with Crippen molar-refractivity contribution < 1.29 is 19.1 Å². The van der Waals surface area contributed by atoms with Gasteiger partial charge >= 0.3 is 0 Å². The number of nitrogens with zero attached hydrogens (tertiary/aromatic N) is 3. The van der Waals surface area contributed by atoms with E-state index in [2.05, 4.69) is 26.1 Å². The van der Waals surface area contributed by atoms with Crippen molar-refractivity contribution in [1.29, 1.82) is 0 Å². The first-order valence-electron chi connectivity index (χ1n) is 12.9. The topological polar surface area (TPSA) is 85.7 Å². The molecule has 1 fully saturated rings. The monoisotopic (exact) mass is 568 g/mol. The molecule has 0 spiro atoms. The maximum Gasteiger partial charge on any atom is 0.240 e. The zero-order valence-electron chi connectivity index (χ0n) is 22.8. The lowest BCUT2D eigenvalue weighted by molar-refractivity contribution is -0.123. The van der Waals surface area contributed by atoms with Gasteiger partial charge in [0.25, 0.3) is 0 Å². The predicted octanol–water partition coefficient (Wildman–Crippen LogP) is 5.29. The van der Waals surface area contributed by atoms with Crippen molar-refractivity contribution in [1.82, 2.24) is 15.1 Å². The van der Waals surface area contributed by atoms with Gasteiger partial charge < -0.3 is 14.8 Å². The Labute approximate surface area is 238 Å². The number of aromatic nitrogens is 2. The third-order valence-corrected chi connectivity index (χ3v) is 8.40. The molecular weight excluding hydrogens is 536 g/mol. The van der Waals surface area contributed by atoms with Gasteiger partial charge in [0.1, 0.15) is 23.9 Å². The second kappa shape index (κ2) is 10.8. The summed E-state index contributed by atoms with van der Waals surface area (Å²) in [5, 5.41) is 8.29. The van der Waals surface area contributed by atoms with Crippen LogP contribution in [0.5, 0.6) is 11.5 Å². The van der Waals surface area contributed by atoms with Crippen LogP contribution in [0.2, 0.25) is 5.02 Å². The van der Waals surface area contributed by atoms with E-state index in [0.29, 0.717) is 28.0 Å². The normalized spacial score (nSPS) is 17.4. The van der Waals surface area contributed by atoms with Crippen LogP contribution in [-0.2, 0) is 15.0 Å². The van der Waals surface area contributed by atoms with Crippen LogP contribution in [0.15, 0.2) is 42.5 Å². The molecule has 2 aliphatic rings. The highest BCUT2D eigenvalue weighted by atomic mass is 35.5. The van der Waals surface area contributed by atoms with Crippen molar-refractivity contribution in [3.63, 3.8) is 0 Å². The molecule has 3 aromatic rings. The van der Waals surface area contributed by atoms with Crippen molar-refractivity contribution in [2.45, 2.75) is 50.3 Å². The van der Waals surface area contributed by atoms with E-state index < -0.39 is 5.41 Å². The van der Waals surface area contributed by atoms with Crippen LogP contribution in [-0.4, -0.2) is 54.2 Å². The molecule has 206 valence electrons. The Balaban J connectivity index is 1.79. The molecule has 0 unspecified atom stereocenters. The number of fused-ring (bicyclic) bond motifs is 1. The number of hydrogen-bond acceptors (Lipinski definition) is 6. The van der Waals surface area contributed by atoms with Gasteiger partial charge in [-0.1, -0.05) is 44.5 Å². The van der Waals surface area contributed by atoms with Crippen LogP contribution in [0.3, 0.4) is 0 Å². The number of thioether (sulfide) groups is 1. The molecule has 2 heterocycles. The van der Waals surface area contributed by atoms with Crippen LogP contribution in [0, 0.1) is 0 Å². The Hall–Kier alpha value is -3.17. The van der Waals surface area contributed by atoms with Gasteiger partial charge in [0.15, 0.2) is 0 Å². The second-order valence-electron chi connectivity index (χ2n) is 10.8. The van der Waals surface area contributed by atoms with Crippen molar-refractivity contribution in [3.8, 4) is 17.2 Å². The quantitative estimate of drug-likeness (QED) is 0.417. The smallest absolute Gasteiger partial charge is 0.240 e. The van der Waals surface area contributed by atoms with Gasteiger partial charge in [0.2, 0.25) is 11.8 Å². The number of halogens is 1. The number of benzene rings is 2. The van der Waals surface area contributed by atoms with Crippen LogP contribution in [0.4, 0.5) is 5.82 Å². The molecule has 10 heteroatoms. The lowest BCUT2D eigenvalue weighted by atomic mass is 9.87. The minimum Gasteiger partial charge on any atom is -0.497 e. The van der Waals surface area contributed by atoms with Gasteiger partial charge in [0.05, 0.1) is 41.6 Å². The molecule has 2 amide bonds. The molecule has 1 atom stereocenters. The van der Waals surface area contributed by atoms with Gasteiger partial charge in [0, 0.05) is 22.6 Å². The summed E-state index contributed by atoms with van der Waals surface area (Å²) in [7, 11) is 3.25. The zero-order valence-corrected chi connectivity index (χ0v) is 24.4. The van der Waals surface area contributed by atoms with E-state index in [-0.39, 0.29) is 35.4 Å². The molecule has 0 bridgehead atoms. The van der Waals surface area contributed by atoms with E-state index >= 15 is 0 Å². The van der Waals surface area contributed by atoms with Crippen LogP contribution < -0.4 is 19.7 Å². The fourth-order valence-electron chi connectivity index (χ4n) is 4.80. The Kier molecular flexibility index (Phi) is 7.57. The molecule has 8 nitrogen and oxygen atoms in total. The molecule has 39 heavy (non-hydrogen) atoms. The summed E-state index contributed by atoms with van der Waals surface area (Å²) >= 11 is 8.18. The molecule has 1 aromatic heterocycles. The summed E-state index contributed by atoms with van der Waals surface area (Å²) in [5.41, 5.74) is 2.77. The Morgan fingerprint density at radius 3 is 2.54 bits per heavy atom. The summed E-state index contributed by atoms with van der Waals surface area (Å²) in [6.45, 7) is 6.17. The number of anilines is 1. The molecule has 2 aromatic carbocycles. The van der Waals surface area contributed by atoms with Crippen LogP contribution in [0.1, 0.15) is 55.7 Å².